The molecule has 2 aliphatic rings. The van der Waals surface area contributed by atoms with E-state index in [1.54, 1.807) is 26.0 Å². The molecule has 0 unspecified atom stereocenters. The first-order chi connectivity index (χ1) is 16.6. The molecule has 0 aliphatic carbocycles. The topological polar surface area (TPSA) is 63.5 Å². The number of aryl methyl sites for hydroxylation is 1. The minimum absolute atomic E-state index is 0.161. The maximum atomic E-state index is 13.2. The number of nitrogens with zero attached hydrogens (tertiary/aromatic N) is 3. The quantitative estimate of drug-likeness (QED) is 0.498. The van der Waals surface area contributed by atoms with Gasteiger partial charge in [0.1, 0.15) is 11.9 Å². The molecule has 0 saturated carbocycles. The number of fused-ring (bicyclic) bond motifs is 3. The number of amidine groups is 2. The molecule has 0 saturated heterocycles. The van der Waals surface area contributed by atoms with Crippen LogP contribution < -0.4 is 9.47 Å². The van der Waals surface area contributed by atoms with E-state index in [0.29, 0.717) is 29.4 Å². The number of carbonyl (C=O) groups excluding carboxylic acids is 1. The Morgan fingerprint density at radius 1 is 0.941 bits per heavy atom. The zero-order valence-electron chi connectivity index (χ0n) is 19.3. The summed E-state index contributed by atoms with van der Waals surface area (Å²) in [5, 5.41) is 0.758. The van der Waals surface area contributed by atoms with E-state index in [0.717, 1.165) is 22.0 Å². The SMILES string of the molecule is COc1cc2c(cc1OC)C1=NC(=O)[C@H](Cc3ccccc3)N1C(SCc1ccccc1C)=N2. The van der Waals surface area contributed by atoms with E-state index in [2.05, 4.69) is 24.0 Å². The van der Waals surface area contributed by atoms with Crippen LogP contribution in [-0.4, -0.2) is 42.1 Å². The molecule has 0 radical (unpaired) electrons. The molecular formula is C27H25N3O3S. The van der Waals surface area contributed by atoms with Crippen LogP contribution in [0.25, 0.3) is 0 Å². The highest BCUT2D eigenvalue weighted by atomic mass is 32.2. The smallest absolute Gasteiger partial charge is 0.271 e. The lowest BCUT2D eigenvalue weighted by atomic mass is 10.0. The van der Waals surface area contributed by atoms with E-state index in [9.17, 15) is 4.79 Å². The van der Waals surface area contributed by atoms with Gasteiger partial charge in [0, 0.05) is 23.8 Å². The second-order valence-electron chi connectivity index (χ2n) is 8.18. The molecule has 2 aliphatic heterocycles. The van der Waals surface area contributed by atoms with Crippen LogP contribution in [0.5, 0.6) is 11.5 Å². The van der Waals surface area contributed by atoms with Gasteiger partial charge in [0.2, 0.25) is 0 Å². The number of aliphatic imine (C=N–C) groups is 2. The first kappa shape index (κ1) is 22.2. The van der Waals surface area contributed by atoms with Crippen LogP contribution in [0, 0.1) is 6.92 Å². The molecule has 3 aromatic rings. The van der Waals surface area contributed by atoms with Crippen LogP contribution in [0.15, 0.2) is 76.7 Å². The van der Waals surface area contributed by atoms with Crippen molar-refractivity contribution in [3.8, 4) is 11.5 Å². The number of rotatable bonds is 6. The number of thioether (sulfide) groups is 1. The lowest BCUT2D eigenvalue weighted by molar-refractivity contribution is -0.119. The number of hydrogen-bond donors (Lipinski definition) is 0. The lowest BCUT2D eigenvalue weighted by Gasteiger charge is -2.31. The third-order valence-corrected chi connectivity index (χ3v) is 7.10. The normalized spacial score (nSPS) is 16.5. The molecule has 3 aromatic carbocycles. The maximum Gasteiger partial charge on any atom is 0.271 e. The van der Waals surface area contributed by atoms with Crippen LogP contribution in [0.4, 0.5) is 5.69 Å². The molecule has 34 heavy (non-hydrogen) atoms. The van der Waals surface area contributed by atoms with Gasteiger partial charge in [0.15, 0.2) is 16.7 Å². The zero-order valence-corrected chi connectivity index (χ0v) is 20.1. The Bertz CT molecular complexity index is 1300. The average molecular weight is 472 g/mol. The van der Waals surface area contributed by atoms with Crippen molar-refractivity contribution in [2.45, 2.75) is 25.1 Å². The van der Waals surface area contributed by atoms with Crippen molar-refractivity contribution in [1.29, 1.82) is 0 Å². The minimum Gasteiger partial charge on any atom is -0.493 e. The van der Waals surface area contributed by atoms with Gasteiger partial charge in [-0.05, 0) is 29.7 Å². The Balaban J connectivity index is 1.56. The van der Waals surface area contributed by atoms with Gasteiger partial charge < -0.3 is 9.47 Å². The summed E-state index contributed by atoms with van der Waals surface area (Å²) in [6.07, 6.45) is 0.555. The summed E-state index contributed by atoms with van der Waals surface area (Å²) in [4.78, 5) is 24.6. The molecule has 7 heteroatoms. The summed E-state index contributed by atoms with van der Waals surface area (Å²) < 4.78 is 11.0. The monoisotopic (exact) mass is 471 g/mol. The van der Waals surface area contributed by atoms with Crippen molar-refractivity contribution in [2.24, 2.45) is 9.98 Å². The highest BCUT2D eigenvalue weighted by Gasteiger charge is 2.42. The fourth-order valence-electron chi connectivity index (χ4n) is 4.23. The summed E-state index contributed by atoms with van der Waals surface area (Å²) in [5.74, 6) is 2.36. The summed E-state index contributed by atoms with van der Waals surface area (Å²) in [6, 6.07) is 21.6. The molecule has 0 spiro atoms. The number of carbonyl (C=O) groups is 1. The van der Waals surface area contributed by atoms with Gasteiger partial charge in [-0.1, -0.05) is 66.4 Å². The predicted molar refractivity (Wildman–Crippen MR) is 136 cm³/mol. The fraction of sp³-hybridized carbons (Fsp3) is 0.222. The second-order valence-corrected chi connectivity index (χ2v) is 9.13. The zero-order chi connectivity index (χ0) is 23.7. The number of amides is 1. The van der Waals surface area contributed by atoms with Gasteiger partial charge in [-0.25, -0.2) is 4.99 Å². The van der Waals surface area contributed by atoms with Gasteiger partial charge >= 0.3 is 0 Å². The fourth-order valence-corrected chi connectivity index (χ4v) is 5.36. The van der Waals surface area contributed by atoms with Crippen LogP contribution in [0.1, 0.15) is 22.3 Å². The predicted octanol–water partition coefficient (Wildman–Crippen LogP) is 5.15. The van der Waals surface area contributed by atoms with E-state index >= 15 is 0 Å². The number of ether oxygens (including phenoxy) is 2. The standard InChI is InChI=1S/C27H25N3O3S/c1-17-9-7-8-12-19(17)16-34-27-28-21-15-24(33-3)23(32-2)14-20(21)25-29-26(31)22(30(25)27)13-18-10-5-4-6-11-18/h4-12,14-15,22H,13,16H2,1-3H3/t22-/m0/s1. The molecule has 0 bridgehead atoms. The van der Waals surface area contributed by atoms with E-state index in [-0.39, 0.29) is 5.91 Å². The summed E-state index contributed by atoms with van der Waals surface area (Å²) in [5.41, 5.74) is 5.02. The Kier molecular flexibility index (Phi) is 6.11. The summed E-state index contributed by atoms with van der Waals surface area (Å²) >= 11 is 1.62. The van der Waals surface area contributed by atoms with Crippen molar-refractivity contribution in [3.63, 3.8) is 0 Å². The van der Waals surface area contributed by atoms with Gasteiger partial charge in [-0.15, -0.1) is 0 Å². The van der Waals surface area contributed by atoms with Gasteiger partial charge in [0.25, 0.3) is 5.91 Å². The Hall–Kier alpha value is -3.58. The Labute approximate surface area is 203 Å². The molecule has 6 nitrogen and oxygen atoms in total. The first-order valence-corrected chi connectivity index (χ1v) is 12.1. The number of methoxy groups -OCH3 is 2. The van der Waals surface area contributed by atoms with Crippen LogP contribution in [-0.2, 0) is 17.0 Å². The molecule has 5 rings (SSSR count). The third kappa shape index (κ3) is 4.07. The van der Waals surface area contributed by atoms with Gasteiger partial charge in [0.05, 0.1) is 19.9 Å². The molecule has 0 aromatic heterocycles. The van der Waals surface area contributed by atoms with Crippen molar-refractivity contribution in [2.75, 3.05) is 14.2 Å². The van der Waals surface area contributed by atoms with Gasteiger partial charge in [-0.3, -0.25) is 9.69 Å². The van der Waals surface area contributed by atoms with Crippen molar-refractivity contribution < 1.29 is 14.3 Å². The van der Waals surface area contributed by atoms with Crippen LogP contribution in [0.3, 0.4) is 0 Å². The third-order valence-electron chi connectivity index (χ3n) is 6.10. The van der Waals surface area contributed by atoms with Crippen LogP contribution >= 0.6 is 11.8 Å². The number of benzene rings is 3. The lowest BCUT2D eigenvalue weighted by Crippen LogP contribution is -2.44. The minimum atomic E-state index is -0.443. The van der Waals surface area contributed by atoms with Crippen molar-refractivity contribution in [1.82, 2.24) is 4.90 Å². The van der Waals surface area contributed by atoms with E-state index in [1.807, 2.05) is 59.5 Å². The van der Waals surface area contributed by atoms with E-state index in [1.165, 1.54) is 11.1 Å². The highest BCUT2D eigenvalue weighted by molar-refractivity contribution is 8.13. The van der Waals surface area contributed by atoms with Crippen molar-refractivity contribution >= 4 is 34.4 Å². The van der Waals surface area contributed by atoms with E-state index in [4.69, 9.17) is 14.5 Å². The molecule has 0 N–H and O–H groups in total. The molecular weight excluding hydrogens is 446 g/mol. The molecule has 1 amide bonds. The summed E-state index contributed by atoms with van der Waals surface area (Å²) in [7, 11) is 3.20. The van der Waals surface area contributed by atoms with Crippen molar-refractivity contribution in [3.05, 3.63) is 89.0 Å². The average Bonchev–Trinajstić information content (AvgIpc) is 3.19. The van der Waals surface area contributed by atoms with Gasteiger partial charge in [-0.2, -0.15) is 4.99 Å². The number of hydrogen-bond acceptors (Lipinski definition) is 6. The Morgan fingerprint density at radius 3 is 2.38 bits per heavy atom. The molecule has 0 fully saturated rings. The largest absolute Gasteiger partial charge is 0.493 e. The Morgan fingerprint density at radius 2 is 1.65 bits per heavy atom. The van der Waals surface area contributed by atoms with Crippen LogP contribution in [0.2, 0.25) is 0 Å². The summed E-state index contributed by atoms with van der Waals surface area (Å²) in [6.45, 7) is 2.11. The second kappa shape index (κ2) is 9.35. The molecule has 2 heterocycles. The molecule has 1 atom stereocenters. The first-order valence-electron chi connectivity index (χ1n) is 11.1. The van der Waals surface area contributed by atoms with E-state index < -0.39 is 6.04 Å². The maximum absolute atomic E-state index is 13.2. The highest BCUT2D eigenvalue weighted by Crippen LogP contribution is 2.41. The molecule has 172 valence electrons.